The number of pyridine rings is 1. The van der Waals surface area contributed by atoms with E-state index >= 15 is 0 Å². The fourth-order valence-corrected chi connectivity index (χ4v) is 5.10. The third-order valence-electron chi connectivity index (χ3n) is 5.95. The van der Waals surface area contributed by atoms with Gasteiger partial charge in [-0.3, -0.25) is 19.5 Å². The number of hydrogen-bond acceptors (Lipinski definition) is 5. The molecule has 5 nitrogen and oxygen atoms in total. The van der Waals surface area contributed by atoms with Crippen molar-refractivity contribution in [2.75, 3.05) is 13.1 Å². The third-order valence-corrected chi connectivity index (χ3v) is 6.91. The molecule has 1 aromatic heterocycles. The molecule has 0 aliphatic carbocycles. The molecular formula is C22H25N3O2S. The summed E-state index contributed by atoms with van der Waals surface area (Å²) < 4.78 is 0. The zero-order chi connectivity index (χ0) is 19.7. The fraction of sp³-hybridized carbons (Fsp3) is 0.409. The minimum atomic E-state index is 0.00222. The lowest BCUT2D eigenvalue weighted by Crippen LogP contribution is -2.62. The topological polar surface area (TPSA) is 62.3 Å². The van der Waals surface area contributed by atoms with Gasteiger partial charge in [-0.05, 0) is 76.0 Å². The number of fused-ring (bicyclic) bond motifs is 3. The van der Waals surface area contributed by atoms with Crippen LogP contribution in [0.3, 0.4) is 0 Å². The number of carbonyl (C=O) groups is 2. The number of nitrogens with zero attached hydrogens (tertiary/aromatic N) is 2. The van der Waals surface area contributed by atoms with Crippen molar-refractivity contribution in [3.63, 3.8) is 0 Å². The van der Waals surface area contributed by atoms with Crippen LogP contribution in [0.2, 0.25) is 0 Å². The first-order valence-electron chi connectivity index (χ1n) is 9.80. The van der Waals surface area contributed by atoms with Crippen LogP contribution in [0.15, 0.2) is 52.5 Å². The van der Waals surface area contributed by atoms with E-state index in [1.54, 1.807) is 12.4 Å². The number of hydrogen-bond donors (Lipinski definition) is 1. The molecule has 1 N–H and O–H groups in total. The Labute approximate surface area is 169 Å². The Balaban J connectivity index is 1.41. The highest BCUT2D eigenvalue weighted by Gasteiger charge is 2.40. The van der Waals surface area contributed by atoms with Gasteiger partial charge in [-0.15, -0.1) is 0 Å². The lowest BCUT2D eigenvalue weighted by atomic mass is 9.79. The summed E-state index contributed by atoms with van der Waals surface area (Å²) in [5, 5.41) is 3.27. The second-order valence-corrected chi connectivity index (χ2v) is 8.85. The molecule has 146 valence electrons. The smallest absolute Gasteiger partial charge is 0.251 e. The van der Waals surface area contributed by atoms with Gasteiger partial charge in [0.05, 0.1) is 0 Å². The predicted octanol–water partition coefficient (Wildman–Crippen LogP) is 3.65. The van der Waals surface area contributed by atoms with Crippen LogP contribution in [0.4, 0.5) is 0 Å². The molecule has 6 heteroatoms. The van der Waals surface area contributed by atoms with E-state index in [2.05, 4.69) is 22.1 Å². The van der Waals surface area contributed by atoms with E-state index in [4.69, 9.17) is 0 Å². The SMILES string of the molecule is CC(=O)c1cncc(Sc2ccc(C(=O)N[C@@H]3C4CCN(CC4)[C@H]3C)cc2)c1. The Hall–Kier alpha value is -2.18. The van der Waals surface area contributed by atoms with E-state index in [0.29, 0.717) is 23.1 Å². The highest BCUT2D eigenvalue weighted by Crippen LogP contribution is 2.32. The molecule has 5 rings (SSSR count). The van der Waals surface area contributed by atoms with Crippen molar-refractivity contribution in [3.8, 4) is 0 Å². The summed E-state index contributed by atoms with van der Waals surface area (Å²) in [5.41, 5.74) is 1.29. The van der Waals surface area contributed by atoms with Crippen molar-refractivity contribution in [1.29, 1.82) is 0 Å². The summed E-state index contributed by atoms with van der Waals surface area (Å²) >= 11 is 1.53. The molecule has 4 heterocycles. The highest BCUT2D eigenvalue weighted by molar-refractivity contribution is 7.99. The summed E-state index contributed by atoms with van der Waals surface area (Å²) in [6.07, 6.45) is 5.68. The molecule has 0 spiro atoms. The van der Waals surface area contributed by atoms with Crippen molar-refractivity contribution in [3.05, 3.63) is 53.9 Å². The summed E-state index contributed by atoms with van der Waals surface area (Å²) in [6.45, 7) is 6.07. The summed E-state index contributed by atoms with van der Waals surface area (Å²) in [5.74, 6) is 0.603. The maximum Gasteiger partial charge on any atom is 0.251 e. The molecule has 3 fully saturated rings. The van der Waals surface area contributed by atoms with E-state index in [1.807, 2.05) is 30.3 Å². The first-order valence-corrected chi connectivity index (χ1v) is 10.6. The molecule has 0 saturated carbocycles. The van der Waals surface area contributed by atoms with Gasteiger partial charge in [-0.1, -0.05) is 11.8 Å². The van der Waals surface area contributed by atoms with Crippen molar-refractivity contribution >= 4 is 23.5 Å². The fourth-order valence-electron chi connectivity index (χ4n) is 4.26. The quantitative estimate of drug-likeness (QED) is 0.783. The van der Waals surface area contributed by atoms with Crippen LogP contribution in [0.25, 0.3) is 0 Å². The first kappa shape index (κ1) is 19.2. The van der Waals surface area contributed by atoms with E-state index in [9.17, 15) is 9.59 Å². The average molecular weight is 396 g/mol. The summed E-state index contributed by atoms with van der Waals surface area (Å²) in [4.78, 5) is 32.8. The van der Waals surface area contributed by atoms with Gasteiger partial charge in [0.1, 0.15) is 0 Å². The molecule has 28 heavy (non-hydrogen) atoms. The zero-order valence-corrected chi connectivity index (χ0v) is 17.0. The molecule has 1 aromatic carbocycles. The van der Waals surface area contributed by atoms with E-state index in [-0.39, 0.29) is 17.7 Å². The lowest BCUT2D eigenvalue weighted by molar-refractivity contribution is 0.0217. The van der Waals surface area contributed by atoms with Crippen molar-refractivity contribution in [1.82, 2.24) is 15.2 Å². The van der Waals surface area contributed by atoms with E-state index < -0.39 is 0 Å². The van der Waals surface area contributed by atoms with Gasteiger partial charge in [-0.25, -0.2) is 0 Å². The minimum Gasteiger partial charge on any atom is -0.347 e. The monoisotopic (exact) mass is 395 g/mol. The minimum absolute atomic E-state index is 0.00222. The Kier molecular flexibility index (Phi) is 5.51. The molecular weight excluding hydrogens is 370 g/mol. The van der Waals surface area contributed by atoms with Crippen molar-refractivity contribution in [2.45, 2.75) is 48.6 Å². The Morgan fingerprint density at radius 1 is 1.07 bits per heavy atom. The first-order chi connectivity index (χ1) is 13.5. The van der Waals surface area contributed by atoms with Crippen LogP contribution in [0.1, 0.15) is 47.4 Å². The van der Waals surface area contributed by atoms with Gasteiger partial charge in [0.15, 0.2) is 5.78 Å². The van der Waals surface area contributed by atoms with E-state index in [1.165, 1.54) is 31.5 Å². The molecule has 3 aliphatic rings. The molecule has 0 unspecified atom stereocenters. The molecule has 2 bridgehead atoms. The number of nitrogens with one attached hydrogen (secondary N) is 1. The normalized spacial score (nSPS) is 26.1. The largest absolute Gasteiger partial charge is 0.347 e. The van der Waals surface area contributed by atoms with Gasteiger partial charge in [0, 0.05) is 45.4 Å². The predicted molar refractivity (Wildman–Crippen MR) is 110 cm³/mol. The number of rotatable bonds is 5. The van der Waals surface area contributed by atoms with Crippen molar-refractivity contribution in [2.24, 2.45) is 5.92 Å². The second-order valence-electron chi connectivity index (χ2n) is 7.71. The van der Waals surface area contributed by atoms with Gasteiger partial charge < -0.3 is 5.32 Å². The molecule has 2 atom stereocenters. The Morgan fingerprint density at radius 2 is 1.79 bits per heavy atom. The molecule has 3 saturated heterocycles. The molecule has 2 aromatic rings. The zero-order valence-electron chi connectivity index (χ0n) is 16.2. The van der Waals surface area contributed by atoms with Gasteiger partial charge in [0.25, 0.3) is 5.91 Å². The third kappa shape index (κ3) is 3.98. The molecule has 1 amide bonds. The molecule has 0 radical (unpaired) electrons. The molecule has 3 aliphatic heterocycles. The maximum atomic E-state index is 12.7. The standard InChI is InChI=1S/C22H25N3O2S/c1-14-21(16-7-9-25(14)10-8-16)24-22(27)17-3-5-19(6-4-17)28-20-11-18(15(2)26)12-23-13-20/h3-6,11-14,16,21H,7-10H2,1-2H3,(H,24,27)/t14-,21-/m0/s1. The highest BCUT2D eigenvalue weighted by atomic mass is 32.2. The van der Waals surface area contributed by atoms with Gasteiger partial charge >= 0.3 is 0 Å². The van der Waals surface area contributed by atoms with Crippen LogP contribution in [0, 0.1) is 5.92 Å². The van der Waals surface area contributed by atoms with Gasteiger partial charge in [0.2, 0.25) is 0 Å². The number of carbonyl (C=O) groups excluding carboxylic acids is 2. The number of Topliss-reactive ketones (excluding diaryl/α,β-unsaturated/α-hetero) is 1. The van der Waals surface area contributed by atoms with Crippen LogP contribution in [0.5, 0.6) is 0 Å². The van der Waals surface area contributed by atoms with Gasteiger partial charge in [-0.2, -0.15) is 0 Å². The van der Waals surface area contributed by atoms with Crippen LogP contribution >= 0.6 is 11.8 Å². The summed E-state index contributed by atoms with van der Waals surface area (Å²) in [7, 11) is 0. The van der Waals surface area contributed by atoms with Crippen LogP contribution in [-0.2, 0) is 0 Å². The number of amides is 1. The number of piperidine rings is 3. The van der Waals surface area contributed by atoms with Crippen LogP contribution < -0.4 is 5.32 Å². The maximum absolute atomic E-state index is 12.7. The average Bonchev–Trinajstić information content (AvgIpc) is 2.71. The second kappa shape index (κ2) is 8.05. The van der Waals surface area contributed by atoms with E-state index in [0.717, 1.165) is 22.9 Å². The number of aromatic nitrogens is 1. The van der Waals surface area contributed by atoms with Crippen molar-refractivity contribution < 1.29 is 9.59 Å². The van der Waals surface area contributed by atoms with Crippen LogP contribution in [-0.4, -0.2) is 46.7 Å². The number of benzene rings is 1. The number of ketones is 1. The Morgan fingerprint density at radius 3 is 2.43 bits per heavy atom. The summed E-state index contributed by atoms with van der Waals surface area (Å²) in [6, 6.07) is 10.1. The lowest BCUT2D eigenvalue weighted by Gasteiger charge is -2.49. The Bertz CT molecular complexity index is 874.